The summed E-state index contributed by atoms with van der Waals surface area (Å²) in [5, 5.41) is 2.77. The molecule has 3 nitrogen and oxygen atoms in total. The third kappa shape index (κ3) is 7.11. The number of carbonyl (C=O) groups excluding carboxylic acids is 1. The van der Waals surface area contributed by atoms with Gasteiger partial charge >= 0.3 is 6.09 Å². The van der Waals surface area contributed by atoms with Gasteiger partial charge in [0.15, 0.2) is 0 Å². The summed E-state index contributed by atoms with van der Waals surface area (Å²) < 4.78 is 5.14. The van der Waals surface area contributed by atoms with Crippen molar-refractivity contribution >= 4 is 14.2 Å². The molecule has 0 radical (unpaired) electrons. The molecule has 1 amide bonds. The molecule has 0 bridgehead atoms. The zero-order valence-corrected chi connectivity index (χ0v) is 12.5. The molecule has 1 aromatic carbocycles. The molecule has 18 heavy (non-hydrogen) atoms. The molecule has 0 aliphatic heterocycles. The van der Waals surface area contributed by atoms with Crippen LogP contribution in [0.25, 0.3) is 0 Å². The van der Waals surface area contributed by atoms with E-state index in [1.807, 2.05) is 18.2 Å². The Balaban J connectivity index is 2.11. The molecule has 0 spiro atoms. The smallest absolute Gasteiger partial charge is 0.407 e. The average Bonchev–Trinajstić information content (AvgIpc) is 2.28. The molecule has 0 aromatic heterocycles. The second-order valence-corrected chi connectivity index (χ2v) is 11.2. The number of hydrogen-bond acceptors (Lipinski definition) is 2. The van der Waals surface area contributed by atoms with Gasteiger partial charge in [0.1, 0.15) is 0 Å². The van der Waals surface area contributed by atoms with Gasteiger partial charge in [0.05, 0.1) is 6.61 Å². The second-order valence-electron chi connectivity index (χ2n) is 5.61. The molecular weight excluding hydrogens is 242 g/mol. The number of carbonyl (C=O) groups is 1. The van der Waals surface area contributed by atoms with E-state index in [0.29, 0.717) is 13.2 Å². The van der Waals surface area contributed by atoms with Gasteiger partial charge in [-0.25, -0.2) is 4.79 Å². The van der Waals surface area contributed by atoms with Crippen molar-refractivity contribution in [2.24, 2.45) is 0 Å². The van der Waals surface area contributed by atoms with E-state index in [4.69, 9.17) is 4.74 Å². The van der Waals surface area contributed by atoms with Crippen LogP contribution in [0.5, 0.6) is 0 Å². The number of rotatable bonds is 6. The fourth-order valence-corrected chi connectivity index (χ4v) is 2.17. The minimum absolute atomic E-state index is 0.302. The van der Waals surface area contributed by atoms with Crippen LogP contribution in [-0.2, 0) is 11.2 Å². The molecule has 0 unspecified atom stereocenters. The van der Waals surface area contributed by atoms with Gasteiger partial charge in [0.2, 0.25) is 0 Å². The first-order valence-corrected chi connectivity index (χ1v) is 10.1. The first kappa shape index (κ1) is 14.8. The lowest BCUT2D eigenvalue weighted by Gasteiger charge is -2.15. The summed E-state index contributed by atoms with van der Waals surface area (Å²) in [5.74, 6) is 0. The topological polar surface area (TPSA) is 38.3 Å². The zero-order chi connectivity index (χ0) is 13.4. The molecule has 0 aliphatic rings. The summed E-state index contributed by atoms with van der Waals surface area (Å²) in [5.41, 5.74) is 1.22. The lowest BCUT2D eigenvalue weighted by atomic mass is 10.1. The van der Waals surface area contributed by atoms with Crippen molar-refractivity contribution in [3.8, 4) is 0 Å². The van der Waals surface area contributed by atoms with Crippen molar-refractivity contribution in [1.82, 2.24) is 5.32 Å². The number of hydrogen-bond donors (Lipinski definition) is 1. The Morgan fingerprint density at radius 1 is 1.22 bits per heavy atom. The van der Waals surface area contributed by atoms with Gasteiger partial charge in [-0.15, -0.1) is 0 Å². The number of nitrogens with one attached hydrogen (secondary N) is 1. The van der Waals surface area contributed by atoms with Gasteiger partial charge in [-0.1, -0.05) is 50.0 Å². The van der Waals surface area contributed by atoms with Crippen molar-refractivity contribution in [3.05, 3.63) is 35.9 Å². The maximum absolute atomic E-state index is 11.4. The van der Waals surface area contributed by atoms with Crippen LogP contribution >= 0.6 is 0 Å². The third-order valence-electron chi connectivity index (χ3n) is 2.61. The van der Waals surface area contributed by atoms with Crippen LogP contribution in [0.1, 0.15) is 5.56 Å². The maximum Gasteiger partial charge on any atom is 0.407 e. The minimum Gasteiger partial charge on any atom is -0.450 e. The monoisotopic (exact) mass is 265 g/mol. The largest absolute Gasteiger partial charge is 0.450 e. The Morgan fingerprint density at radius 3 is 2.50 bits per heavy atom. The van der Waals surface area contributed by atoms with Crippen LogP contribution in [0, 0.1) is 0 Å². The summed E-state index contributed by atoms with van der Waals surface area (Å²) in [7, 11) is -1.11. The van der Waals surface area contributed by atoms with E-state index in [1.54, 1.807) is 0 Å². The van der Waals surface area contributed by atoms with Gasteiger partial charge in [-0.2, -0.15) is 0 Å². The SMILES string of the molecule is C[Si](C)(C)CCOC(=O)NCCc1ccccc1. The first-order valence-electron chi connectivity index (χ1n) is 6.42. The van der Waals surface area contributed by atoms with E-state index in [-0.39, 0.29) is 6.09 Å². The lowest BCUT2D eigenvalue weighted by Crippen LogP contribution is -2.29. The molecule has 0 saturated carbocycles. The van der Waals surface area contributed by atoms with E-state index in [9.17, 15) is 4.79 Å². The van der Waals surface area contributed by atoms with Crippen LogP contribution in [0.4, 0.5) is 4.79 Å². The fourth-order valence-electron chi connectivity index (χ4n) is 1.45. The summed E-state index contributed by atoms with van der Waals surface area (Å²) in [6.45, 7) is 7.96. The highest BCUT2D eigenvalue weighted by atomic mass is 28.3. The minimum atomic E-state index is -1.11. The molecule has 0 heterocycles. The summed E-state index contributed by atoms with van der Waals surface area (Å²) in [6, 6.07) is 11.1. The molecule has 0 atom stereocenters. The molecule has 1 aromatic rings. The van der Waals surface area contributed by atoms with Crippen molar-refractivity contribution in [2.45, 2.75) is 32.1 Å². The zero-order valence-electron chi connectivity index (χ0n) is 11.5. The molecule has 0 aliphatic carbocycles. The highest BCUT2D eigenvalue weighted by molar-refractivity contribution is 6.76. The quantitative estimate of drug-likeness (QED) is 0.802. The van der Waals surface area contributed by atoms with Crippen molar-refractivity contribution < 1.29 is 9.53 Å². The van der Waals surface area contributed by atoms with Gasteiger partial charge in [-0.05, 0) is 18.0 Å². The van der Waals surface area contributed by atoms with Crippen LogP contribution < -0.4 is 5.32 Å². The Bertz CT molecular complexity index is 360. The van der Waals surface area contributed by atoms with Crippen LogP contribution in [0.15, 0.2) is 30.3 Å². The Morgan fingerprint density at radius 2 is 1.89 bits per heavy atom. The summed E-state index contributed by atoms with van der Waals surface area (Å²) >= 11 is 0. The Hall–Kier alpha value is -1.29. The van der Waals surface area contributed by atoms with E-state index < -0.39 is 8.07 Å². The van der Waals surface area contributed by atoms with E-state index in [1.165, 1.54) is 5.56 Å². The van der Waals surface area contributed by atoms with Gasteiger partial charge in [0.25, 0.3) is 0 Å². The average molecular weight is 265 g/mol. The molecule has 0 saturated heterocycles. The molecule has 100 valence electrons. The Labute approximate surface area is 111 Å². The number of benzene rings is 1. The van der Waals surface area contributed by atoms with E-state index >= 15 is 0 Å². The summed E-state index contributed by atoms with van der Waals surface area (Å²) in [6.07, 6.45) is 0.536. The van der Waals surface area contributed by atoms with Gasteiger partial charge in [0, 0.05) is 14.6 Å². The molecule has 1 rings (SSSR count). The summed E-state index contributed by atoms with van der Waals surface area (Å²) in [4.78, 5) is 11.4. The van der Waals surface area contributed by atoms with Crippen LogP contribution in [0.2, 0.25) is 25.7 Å². The predicted molar refractivity (Wildman–Crippen MR) is 77.6 cm³/mol. The number of alkyl carbamates (subject to hydrolysis) is 1. The van der Waals surface area contributed by atoms with Crippen LogP contribution in [-0.4, -0.2) is 27.3 Å². The fraction of sp³-hybridized carbons (Fsp3) is 0.500. The highest BCUT2D eigenvalue weighted by Crippen LogP contribution is 2.07. The van der Waals surface area contributed by atoms with Crippen LogP contribution in [0.3, 0.4) is 0 Å². The van der Waals surface area contributed by atoms with Crippen molar-refractivity contribution in [2.75, 3.05) is 13.2 Å². The highest BCUT2D eigenvalue weighted by Gasteiger charge is 2.13. The normalized spacial score (nSPS) is 11.1. The van der Waals surface area contributed by atoms with E-state index in [0.717, 1.165) is 12.5 Å². The number of ether oxygens (including phenoxy) is 1. The second kappa shape index (κ2) is 7.21. The maximum atomic E-state index is 11.4. The van der Waals surface area contributed by atoms with Crippen molar-refractivity contribution in [3.63, 3.8) is 0 Å². The molecule has 4 heteroatoms. The Kier molecular flexibility index (Phi) is 5.91. The molecule has 0 fully saturated rings. The molecular formula is C14H23NO2Si. The van der Waals surface area contributed by atoms with Gasteiger partial charge < -0.3 is 10.1 Å². The number of amides is 1. The predicted octanol–water partition coefficient (Wildman–Crippen LogP) is 3.29. The third-order valence-corrected chi connectivity index (χ3v) is 4.32. The van der Waals surface area contributed by atoms with E-state index in [2.05, 4.69) is 37.1 Å². The standard InChI is InChI=1S/C14H23NO2Si/c1-18(2,3)12-11-17-14(16)15-10-9-13-7-5-4-6-8-13/h4-8H,9-12H2,1-3H3,(H,15,16). The van der Waals surface area contributed by atoms with Gasteiger partial charge in [-0.3, -0.25) is 0 Å². The molecule has 1 N–H and O–H groups in total. The first-order chi connectivity index (χ1) is 8.47. The lowest BCUT2D eigenvalue weighted by molar-refractivity contribution is 0.152. The van der Waals surface area contributed by atoms with Crippen molar-refractivity contribution in [1.29, 1.82) is 0 Å².